The molecule has 136 valence electrons. The first-order valence-corrected chi connectivity index (χ1v) is 8.25. The number of nitrogens with zero attached hydrogens (tertiary/aromatic N) is 2. The van der Waals surface area contributed by atoms with Gasteiger partial charge in [0.15, 0.2) is 5.76 Å². The highest BCUT2D eigenvalue weighted by Gasteiger charge is 2.29. The molecule has 1 saturated heterocycles. The van der Waals surface area contributed by atoms with E-state index in [-0.39, 0.29) is 24.8 Å². The predicted octanol–water partition coefficient (Wildman–Crippen LogP) is 1.09. The molecule has 2 aromatic rings. The van der Waals surface area contributed by atoms with Gasteiger partial charge >= 0.3 is 11.8 Å². The Morgan fingerprint density at radius 2 is 1.77 bits per heavy atom. The van der Waals surface area contributed by atoms with Crippen molar-refractivity contribution in [2.75, 3.05) is 37.2 Å². The molecule has 0 unspecified atom stereocenters. The van der Waals surface area contributed by atoms with Crippen molar-refractivity contribution in [1.29, 1.82) is 0 Å². The summed E-state index contributed by atoms with van der Waals surface area (Å²) < 4.78 is 5.10. The van der Waals surface area contributed by atoms with Crippen LogP contribution in [0.25, 0.3) is 0 Å². The number of carbonyl (C=O) groups excluding carboxylic acids is 3. The van der Waals surface area contributed by atoms with E-state index >= 15 is 0 Å². The molecule has 0 bridgehead atoms. The average Bonchev–Trinajstić information content (AvgIpc) is 3.17. The fourth-order valence-electron chi connectivity index (χ4n) is 2.78. The first kappa shape index (κ1) is 17.5. The number of aryl methyl sites for hydroxylation is 1. The highest BCUT2D eigenvalue weighted by Crippen LogP contribution is 2.19. The first-order valence-electron chi connectivity index (χ1n) is 8.25. The smallest absolute Gasteiger partial charge is 0.313 e. The first-order chi connectivity index (χ1) is 12.5. The number of benzene rings is 1. The minimum Gasteiger partial charge on any atom is -0.459 e. The molecule has 0 atom stereocenters. The minimum atomic E-state index is -0.744. The number of rotatable bonds is 2. The number of nitrogens with one attached hydrogen (secondary N) is 1. The largest absolute Gasteiger partial charge is 0.459 e. The summed E-state index contributed by atoms with van der Waals surface area (Å²) in [6.45, 7) is 3.12. The molecule has 26 heavy (non-hydrogen) atoms. The van der Waals surface area contributed by atoms with Crippen molar-refractivity contribution < 1.29 is 18.8 Å². The Bertz CT molecular complexity index is 824. The van der Waals surface area contributed by atoms with Crippen LogP contribution < -0.4 is 11.1 Å². The van der Waals surface area contributed by atoms with Gasteiger partial charge in [-0.2, -0.15) is 0 Å². The van der Waals surface area contributed by atoms with Crippen molar-refractivity contribution in [3.63, 3.8) is 0 Å². The van der Waals surface area contributed by atoms with Crippen LogP contribution in [0, 0.1) is 6.92 Å². The lowest BCUT2D eigenvalue weighted by atomic mass is 10.2. The molecule has 1 aromatic carbocycles. The highest BCUT2D eigenvalue weighted by atomic mass is 16.3. The fraction of sp³-hybridized carbons (Fsp3) is 0.278. The average molecular weight is 356 g/mol. The summed E-state index contributed by atoms with van der Waals surface area (Å²) >= 11 is 0. The molecule has 3 rings (SSSR count). The third kappa shape index (κ3) is 3.69. The quantitative estimate of drug-likeness (QED) is 0.618. The van der Waals surface area contributed by atoms with E-state index in [9.17, 15) is 14.4 Å². The number of carbonyl (C=O) groups is 3. The summed E-state index contributed by atoms with van der Waals surface area (Å²) in [5, 5.41) is 2.54. The molecule has 0 spiro atoms. The highest BCUT2D eigenvalue weighted by molar-refractivity contribution is 6.39. The van der Waals surface area contributed by atoms with E-state index in [1.807, 2.05) is 6.92 Å². The van der Waals surface area contributed by atoms with Gasteiger partial charge in [-0.25, -0.2) is 0 Å². The third-order valence-corrected chi connectivity index (χ3v) is 4.24. The Hall–Kier alpha value is -3.29. The monoisotopic (exact) mass is 356 g/mol. The van der Waals surface area contributed by atoms with Crippen molar-refractivity contribution in [1.82, 2.24) is 9.80 Å². The molecule has 1 aliphatic rings. The summed E-state index contributed by atoms with van der Waals surface area (Å²) in [6.07, 6.45) is 1.44. The number of anilines is 2. The van der Waals surface area contributed by atoms with E-state index in [0.29, 0.717) is 24.5 Å². The van der Waals surface area contributed by atoms with Crippen molar-refractivity contribution in [2.45, 2.75) is 6.92 Å². The lowest BCUT2D eigenvalue weighted by Crippen LogP contribution is -2.53. The van der Waals surface area contributed by atoms with Crippen LogP contribution in [-0.2, 0) is 9.59 Å². The summed E-state index contributed by atoms with van der Waals surface area (Å²) in [4.78, 5) is 39.8. The summed E-state index contributed by atoms with van der Waals surface area (Å²) in [6, 6.07) is 8.43. The zero-order valence-corrected chi connectivity index (χ0v) is 14.4. The molecule has 1 aromatic heterocycles. The SMILES string of the molecule is Cc1ccc(NC(=O)C(=O)N2CCN(C(=O)c3ccco3)CC2)c(N)c1. The number of hydrogen-bond donors (Lipinski definition) is 2. The maximum atomic E-state index is 12.3. The predicted molar refractivity (Wildman–Crippen MR) is 95.4 cm³/mol. The van der Waals surface area contributed by atoms with Crippen molar-refractivity contribution >= 4 is 29.1 Å². The van der Waals surface area contributed by atoms with Crippen molar-refractivity contribution in [2.24, 2.45) is 0 Å². The second-order valence-electron chi connectivity index (χ2n) is 6.11. The molecule has 3 amide bonds. The lowest BCUT2D eigenvalue weighted by Gasteiger charge is -2.33. The zero-order valence-electron chi connectivity index (χ0n) is 14.4. The second kappa shape index (κ2) is 7.30. The van der Waals surface area contributed by atoms with Crippen LogP contribution in [0.4, 0.5) is 11.4 Å². The maximum Gasteiger partial charge on any atom is 0.313 e. The second-order valence-corrected chi connectivity index (χ2v) is 6.11. The third-order valence-electron chi connectivity index (χ3n) is 4.24. The molecule has 1 aliphatic heterocycles. The van der Waals surface area contributed by atoms with Gasteiger partial charge in [0, 0.05) is 26.2 Å². The van der Waals surface area contributed by atoms with Gasteiger partial charge in [0.25, 0.3) is 5.91 Å². The van der Waals surface area contributed by atoms with E-state index in [0.717, 1.165) is 5.56 Å². The molecule has 3 N–H and O–H groups in total. The Labute approximate surface area is 150 Å². The molecular formula is C18H20N4O4. The Morgan fingerprint density at radius 3 is 2.38 bits per heavy atom. The molecule has 0 aliphatic carbocycles. The number of nitrogens with two attached hydrogens (primary N) is 1. The summed E-state index contributed by atoms with van der Waals surface area (Å²) in [5.74, 6) is -1.35. The molecule has 8 heteroatoms. The number of amides is 3. The van der Waals surface area contributed by atoms with Crippen LogP contribution in [-0.4, -0.2) is 53.7 Å². The van der Waals surface area contributed by atoms with Gasteiger partial charge in [0.2, 0.25) is 0 Å². The zero-order chi connectivity index (χ0) is 18.7. The normalized spacial score (nSPS) is 14.2. The standard InChI is InChI=1S/C18H20N4O4/c1-12-4-5-14(13(19)11-12)20-16(23)18(25)22-8-6-21(7-9-22)17(24)15-3-2-10-26-15/h2-5,10-11H,6-9,19H2,1H3,(H,20,23). The van der Waals surface area contributed by atoms with Gasteiger partial charge in [0.05, 0.1) is 17.6 Å². The molecule has 1 fully saturated rings. The minimum absolute atomic E-state index is 0.223. The van der Waals surface area contributed by atoms with Gasteiger partial charge < -0.3 is 25.3 Å². The number of piperazine rings is 1. The fourth-order valence-corrected chi connectivity index (χ4v) is 2.78. The van der Waals surface area contributed by atoms with Crippen molar-refractivity contribution in [3.8, 4) is 0 Å². The molecule has 0 saturated carbocycles. The van der Waals surface area contributed by atoms with Gasteiger partial charge in [-0.1, -0.05) is 6.07 Å². The van der Waals surface area contributed by atoms with Gasteiger partial charge in [-0.15, -0.1) is 0 Å². The molecule has 0 radical (unpaired) electrons. The van der Waals surface area contributed by atoms with E-state index in [1.54, 1.807) is 35.2 Å². The van der Waals surface area contributed by atoms with Crippen LogP contribution in [0.1, 0.15) is 16.1 Å². The number of furan rings is 1. The number of nitrogen functional groups attached to an aromatic ring is 1. The Kier molecular flexibility index (Phi) is 4.92. The van der Waals surface area contributed by atoms with Gasteiger partial charge in [0.1, 0.15) is 0 Å². The molecular weight excluding hydrogens is 336 g/mol. The van der Waals surface area contributed by atoms with Gasteiger partial charge in [-0.3, -0.25) is 14.4 Å². The number of hydrogen-bond acceptors (Lipinski definition) is 5. The van der Waals surface area contributed by atoms with E-state index in [2.05, 4.69) is 5.32 Å². The van der Waals surface area contributed by atoms with Crippen molar-refractivity contribution in [3.05, 3.63) is 47.9 Å². The van der Waals surface area contributed by atoms with Crippen LogP contribution in [0.3, 0.4) is 0 Å². The van der Waals surface area contributed by atoms with Crippen LogP contribution in [0.5, 0.6) is 0 Å². The van der Waals surface area contributed by atoms with Crippen LogP contribution in [0.15, 0.2) is 41.0 Å². The summed E-state index contributed by atoms with van der Waals surface area (Å²) in [7, 11) is 0. The van der Waals surface area contributed by atoms with E-state index in [4.69, 9.17) is 10.2 Å². The Morgan fingerprint density at radius 1 is 1.08 bits per heavy atom. The lowest BCUT2D eigenvalue weighted by molar-refractivity contribution is -0.144. The summed E-state index contributed by atoms with van der Waals surface area (Å²) in [5.41, 5.74) is 7.62. The maximum absolute atomic E-state index is 12.3. The Balaban J connectivity index is 1.56. The molecule has 8 nitrogen and oxygen atoms in total. The topological polar surface area (TPSA) is 109 Å². The molecule has 2 heterocycles. The van der Waals surface area contributed by atoms with Gasteiger partial charge in [-0.05, 0) is 36.8 Å². The van der Waals surface area contributed by atoms with E-state index < -0.39 is 11.8 Å². The van der Waals surface area contributed by atoms with Crippen LogP contribution in [0.2, 0.25) is 0 Å². The van der Waals surface area contributed by atoms with E-state index in [1.165, 1.54) is 11.2 Å². The van der Waals surface area contributed by atoms with Crippen LogP contribution >= 0.6 is 0 Å².